The average molecular weight is 234 g/mol. The molecule has 0 amide bonds. The van der Waals surface area contributed by atoms with Crippen molar-refractivity contribution in [2.45, 2.75) is 38.6 Å². The maximum atomic E-state index is 4.35. The Kier molecular flexibility index (Phi) is 4.74. The van der Waals surface area contributed by atoms with Gasteiger partial charge in [0.05, 0.1) is 0 Å². The fraction of sp³-hybridized carbons (Fsp3) is 0.692. The second-order valence-electron chi connectivity index (χ2n) is 4.66. The highest BCUT2D eigenvalue weighted by molar-refractivity contribution is 5.36. The molecule has 0 aromatic carbocycles. The SMILES string of the molecule is CCCN(CC1CCCCN1)c1ccncn1. The van der Waals surface area contributed by atoms with Crippen molar-refractivity contribution in [3.8, 4) is 0 Å². The Balaban J connectivity index is 1.96. The summed E-state index contributed by atoms with van der Waals surface area (Å²) in [7, 11) is 0. The van der Waals surface area contributed by atoms with Crippen LogP contribution in [0.2, 0.25) is 0 Å². The van der Waals surface area contributed by atoms with Gasteiger partial charge in [-0.3, -0.25) is 0 Å². The Bertz CT molecular complexity index is 308. The van der Waals surface area contributed by atoms with Crippen molar-refractivity contribution in [1.29, 1.82) is 0 Å². The van der Waals surface area contributed by atoms with Crippen LogP contribution in [0.4, 0.5) is 5.82 Å². The molecule has 1 unspecified atom stereocenters. The van der Waals surface area contributed by atoms with Gasteiger partial charge in [-0.2, -0.15) is 0 Å². The number of nitrogens with zero attached hydrogens (tertiary/aromatic N) is 3. The van der Waals surface area contributed by atoms with Crippen LogP contribution in [-0.2, 0) is 0 Å². The molecule has 0 bridgehead atoms. The summed E-state index contributed by atoms with van der Waals surface area (Å²) in [5.41, 5.74) is 0. The molecular weight excluding hydrogens is 212 g/mol. The molecule has 1 aromatic rings. The fourth-order valence-electron chi connectivity index (χ4n) is 2.39. The summed E-state index contributed by atoms with van der Waals surface area (Å²) in [5, 5.41) is 3.59. The van der Waals surface area contributed by atoms with Gasteiger partial charge in [0.2, 0.25) is 0 Å². The molecule has 1 aliphatic rings. The summed E-state index contributed by atoms with van der Waals surface area (Å²) in [6.45, 7) is 5.50. The molecule has 1 fully saturated rings. The lowest BCUT2D eigenvalue weighted by molar-refractivity contribution is 0.398. The summed E-state index contributed by atoms with van der Waals surface area (Å²) in [5.74, 6) is 1.05. The van der Waals surface area contributed by atoms with Gasteiger partial charge < -0.3 is 10.2 Å². The van der Waals surface area contributed by atoms with Crippen molar-refractivity contribution in [3.63, 3.8) is 0 Å². The minimum atomic E-state index is 0.616. The molecule has 1 aromatic heterocycles. The molecule has 1 aliphatic heterocycles. The van der Waals surface area contributed by atoms with Crippen LogP contribution in [-0.4, -0.2) is 35.6 Å². The summed E-state index contributed by atoms with van der Waals surface area (Å²) in [6, 6.07) is 2.61. The van der Waals surface area contributed by atoms with Gasteiger partial charge in [0.1, 0.15) is 12.1 Å². The van der Waals surface area contributed by atoms with E-state index in [1.807, 2.05) is 12.3 Å². The molecule has 1 N–H and O–H groups in total. The first-order chi connectivity index (χ1) is 8.40. The molecule has 2 heterocycles. The van der Waals surface area contributed by atoms with E-state index in [0.29, 0.717) is 6.04 Å². The topological polar surface area (TPSA) is 41.0 Å². The normalized spacial score (nSPS) is 20.2. The van der Waals surface area contributed by atoms with Crippen LogP contribution in [0.25, 0.3) is 0 Å². The molecule has 0 radical (unpaired) electrons. The van der Waals surface area contributed by atoms with E-state index in [-0.39, 0.29) is 0 Å². The number of nitrogens with one attached hydrogen (secondary N) is 1. The zero-order chi connectivity index (χ0) is 11.9. The maximum Gasteiger partial charge on any atom is 0.131 e. The first-order valence-corrected chi connectivity index (χ1v) is 6.64. The first-order valence-electron chi connectivity index (χ1n) is 6.64. The highest BCUT2D eigenvalue weighted by Crippen LogP contribution is 2.13. The summed E-state index contributed by atoms with van der Waals surface area (Å²) in [6.07, 6.45) is 8.55. The Labute approximate surface area is 103 Å². The predicted octanol–water partition coefficient (Wildman–Crippen LogP) is 1.84. The highest BCUT2D eigenvalue weighted by Gasteiger charge is 2.16. The molecule has 17 heavy (non-hydrogen) atoms. The zero-order valence-electron chi connectivity index (χ0n) is 10.6. The van der Waals surface area contributed by atoms with E-state index in [4.69, 9.17) is 0 Å². The molecule has 0 saturated carbocycles. The third-order valence-corrected chi connectivity index (χ3v) is 3.24. The van der Waals surface area contributed by atoms with E-state index in [0.717, 1.165) is 31.9 Å². The van der Waals surface area contributed by atoms with Crippen LogP contribution >= 0.6 is 0 Å². The smallest absolute Gasteiger partial charge is 0.131 e. The third-order valence-electron chi connectivity index (χ3n) is 3.24. The lowest BCUT2D eigenvalue weighted by Crippen LogP contribution is -2.44. The summed E-state index contributed by atoms with van der Waals surface area (Å²) in [4.78, 5) is 10.7. The van der Waals surface area contributed by atoms with Gasteiger partial charge in [-0.1, -0.05) is 13.3 Å². The Morgan fingerprint density at radius 1 is 1.47 bits per heavy atom. The van der Waals surface area contributed by atoms with Gasteiger partial charge in [-0.15, -0.1) is 0 Å². The van der Waals surface area contributed by atoms with Gasteiger partial charge in [0, 0.05) is 25.3 Å². The number of aromatic nitrogens is 2. The molecule has 4 nitrogen and oxygen atoms in total. The molecule has 0 spiro atoms. The highest BCUT2D eigenvalue weighted by atomic mass is 15.2. The lowest BCUT2D eigenvalue weighted by Gasteiger charge is -2.31. The molecule has 1 atom stereocenters. The van der Waals surface area contributed by atoms with Crippen LogP contribution in [0.3, 0.4) is 0 Å². The van der Waals surface area contributed by atoms with Crippen molar-refractivity contribution < 1.29 is 0 Å². The van der Waals surface area contributed by atoms with Crippen LogP contribution < -0.4 is 10.2 Å². The predicted molar refractivity (Wildman–Crippen MR) is 70.2 cm³/mol. The minimum absolute atomic E-state index is 0.616. The van der Waals surface area contributed by atoms with Crippen molar-refractivity contribution in [1.82, 2.24) is 15.3 Å². The van der Waals surface area contributed by atoms with Gasteiger partial charge in [0.25, 0.3) is 0 Å². The average Bonchev–Trinajstić information content (AvgIpc) is 2.40. The summed E-state index contributed by atoms with van der Waals surface area (Å²) >= 11 is 0. The monoisotopic (exact) mass is 234 g/mol. The largest absolute Gasteiger partial charge is 0.355 e. The fourth-order valence-corrected chi connectivity index (χ4v) is 2.39. The number of piperidine rings is 1. The molecule has 94 valence electrons. The van der Waals surface area contributed by atoms with E-state index in [1.54, 1.807) is 6.33 Å². The van der Waals surface area contributed by atoms with Gasteiger partial charge >= 0.3 is 0 Å². The van der Waals surface area contributed by atoms with Crippen LogP contribution in [0.5, 0.6) is 0 Å². The van der Waals surface area contributed by atoms with E-state index >= 15 is 0 Å². The number of rotatable bonds is 5. The Hall–Kier alpha value is -1.16. The molecule has 2 rings (SSSR count). The second kappa shape index (κ2) is 6.55. The first kappa shape index (κ1) is 12.3. The van der Waals surface area contributed by atoms with Crippen LogP contribution in [0.15, 0.2) is 18.6 Å². The maximum absolute atomic E-state index is 4.35. The van der Waals surface area contributed by atoms with Crippen molar-refractivity contribution in [2.24, 2.45) is 0 Å². The minimum Gasteiger partial charge on any atom is -0.355 e. The molecule has 1 saturated heterocycles. The van der Waals surface area contributed by atoms with E-state index in [9.17, 15) is 0 Å². The van der Waals surface area contributed by atoms with Gasteiger partial charge in [-0.05, 0) is 31.9 Å². The van der Waals surface area contributed by atoms with Crippen molar-refractivity contribution >= 4 is 5.82 Å². The van der Waals surface area contributed by atoms with E-state index in [2.05, 4.69) is 27.1 Å². The quantitative estimate of drug-likeness (QED) is 0.844. The second-order valence-corrected chi connectivity index (χ2v) is 4.66. The third kappa shape index (κ3) is 3.66. The Morgan fingerprint density at radius 3 is 3.06 bits per heavy atom. The number of hydrogen-bond acceptors (Lipinski definition) is 4. The molecular formula is C13H22N4. The van der Waals surface area contributed by atoms with Gasteiger partial charge in [-0.25, -0.2) is 9.97 Å². The lowest BCUT2D eigenvalue weighted by atomic mass is 10.0. The number of hydrogen-bond donors (Lipinski definition) is 1. The van der Waals surface area contributed by atoms with Crippen molar-refractivity contribution in [3.05, 3.63) is 18.6 Å². The Morgan fingerprint density at radius 2 is 2.41 bits per heavy atom. The zero-order valence-corrected chi connectivity index (χ0v) is 10.6. The van der Waals surface area contributed by atoms with Crippen LogP contribution in [0.1, 0.15) is 32.6 Å². The summed E-state index contributed by atoms with van der Waals surface area (Å²) < 4.78 is 0. The molecule has 0 aliphatic carbocycles. The van der Waals surface area contributed by atoms with E-state index in [1.165, 1.54) is 19.3 Å². The standard InChI is InChI=1S/C13H22N4/c1-2-9-17(13-6-8-14-11-16-13)10-12-5-3-4-7-15-12/h6,8,11-12,15H,2-5,7,9-10H2,1H3. The van der Waals surface area contributed by atoms with E-state index < -0.39 is 0 Å². The number of anilines is 1. The molecule has 4 heteroatoms. The van der Waals surface area contributed by atoms with Gasteiger partial charge in [0.15, 0.2) is 0 Å². The van der Waals surface area contributed by atoms with Crippen molar-refractivity contribution in [2.75, 3.05) is 24.5 Å². The van der Waals surface area contributed by atoms with Crippen LogP contribution in [0, 0.1) is 0 Å².